The summed E-state index contributed by atoms with van der Waals surface area (Å²) in [6, 6.07) is 26.9. The van der Waals surface area contributed by atoms with Crippen LogP contribution in [0.2, 0.25) is 0 Å². The average molecular weight is 541 g/mol. The Hall–Kier alpha value is -4.30. The lowest BCUT2D eigenvalue weighted by Gasteiger charge is -2.36. The fourth-order valence-corrected chi connectivity index (χ4v) is 6.32. The number of carbonyl (C=O) groups excluding carboxylic acids is 1. The van der Waals surface area contributed by atoms with Gasteiger partial charge in [0.2, 0.25) is 0 Å². The predicted octanol–water partition coefficient (Wildman–Crippen LogP) is 6.48. The molecule has 5 aromatic rings. The first-order chi connectivity index (χ1) is 18.6. The van der Waals surface area contributed by atoms with Gasteiger partial charge in [-0.3, -0.25) is 9.10 Å². The highest BCUT2D eigenvalue weighted by Crippen LogP contribution is 2.40. The molecule has 2 heterocycles. The van der Waals surface area contributed by atoms with E-state index < -0.39 is 22.0 Å². The van der Waals surface area contributed by atoms with Gasteiger partial charge in [0.05, 0.1) is 17.1 Å². The SMILES string of the molecule is CC(C)(C)c1ccc2c(c1)N(S(=O)(=O)c1ccccc1)CC(C(=O)Nc1ccc3c(c1)oc1ccccc13)O2. The summed E-state index contributed by atoms with van der Waals surface area (Å²) in [5.74, 6) is -0.120. The number of nitrogens with one attached hydrogen (secondary N) is 1. The van der Waals surface area contributed by atoms with Gasteiger partial charge in [-0.15, -0.1) is 0 Å². The Kier molecular flexibility index (Phi) is 5.88. The van der Waals surface area contributed by atoms with Crippen LogP contribution >= 0.6 is 0 Å². The van der Waals surface area contributed by atoms with Gasteiger partial charge in [0, 0.05) is 22.5 Å². The van der Waals surface area contributed by atoms with Gasteiger partial charge in [-0.05, 0) is 53.4 Å². The van der Waals surface area contributed by atoms with Crippen molar-refractivity contribution in [1.29, 1.82) is 0 Å². The number of hydrogen-bond donors (Lipinski definition) is 1. The van der Waals surface area contributed by atoms with Crippen LogP contribution in [0.3, 0.4) is 0 Å². The number of ether oxygens (including phenoxy) is 1. The van der Waals surface area contributed by atoms with Gasteiger partial charge in [0.1, 0.15) is 16.9 Å². The Bertz CT molecular complexity index is 1820. The Morgan fingerprint density at radius 3 is 2.36 bits per heavy atom. The number of hydrogen-bond acceptors (Lipinski definition) is 5. The van der Waals surface area contributed by atoms with E-state index in [4.69, 9.17) is 9.15 Å². The fourth-order valence-electron chi connectivity index (χ4n) is 4.83. The topological polar surface area (TPSA) is 88.9 Å². The largest absolute Gasteiger partial charge is 0.476 e. The van der Waals surface area contributed by atoms with Crippen LogP contribution in [0.1, 0.15) is 26.3 Å². The van der Waals surface area contributed by atoms with Crippen LogP contribution in [0.15, 0.2) is 100 Å². The molecule has 39 heavy (non-hydrogen) atoms. The first-order valence-corrected chi connectivity index (χ1v) is 14.2. The van der Waals surface area contributed by atoms with E-state index >= 15 is 0 Å². The smallest absolute Gasteiger partial charge is 0.267 e. The van der Waals surface area contributed by atoms with Gasteiger partial charge >= 0.3 is 0 Å². The number of fused-ring (bicyclic) bond motifs is 4. The highest BCUT2D eigenvalue weighted by atomic mass is 32.2. The second-order valence-electron chi connectivity index (χ2n) is 10.7. The van der Waals surface area contributed by atoms with E-state index in [-0.39, 0.29) is 16.9 Å². The van der Waals surface area contributed by atoms with E-state index in [9.17, 15) is 13.2 Å². The number of anilines is 2. The summed E-state index contributed by atoms with van der Waals surface area (Å²) in [6.45, 7) is 6.01. The highest BCUT2D eigenvalue weighted by molar-refractivity contribution is 7.92. The molecule has 0 bridgehead atoms. The van der Waals surface area contributed by atoms with E-state index in [1.807, 2.05) is 42.5 Å². The van der Waals surface area contributed by atoms with Gasteiger partial charge in [-0.25, -0.2) is 8.42 Å². The molecular weight excluding hydrogens is 512 g/mol. The predicted molar refractivity (Wildman–Crippen MR) is 153 cm³/mol. The lowest BCUT2D eigenvalue weighted by Crippen LogP contribution is -2.49. The zero-order valence-electron chi connectivity index (χ0n) is 21.8. The zero-order valence-corrected chi connectivity index (χ0v) is 22.7. The molecule has 1 amide bonds. The highest BCUT2D eigenvalue weighted by Gasteiger charge is 2.38. The van der Waals surface area contributed by atoms with Gasteiger partial charge in [0.15, 0.2) is 6.10 Å². The van der Waals surface area contributed by atoms with Crippen molar-refractivity contribution in [2.45, 2.75) is 37.2 Å². The number of rotatable bonds is 4. The minimum Gasteiger partial charge on any atom is -0.476 e. The molecule has 198 valence electrons. The van der Waals surface area contributed by atoms with Gasteiger partial charge in [-0.2, -0.15) is 0 Å². The molecule has 8 heteroatoms. The van der Waals surface area contributed by atoms with E-state index in [2.05, 4.69) is 26.1 Å². The van der Waals surface area contributed by atoms with Crippen LogP contribution in [-0.2, 0) is 20.2 Å². The summed E-state index contributed by atoms with van der Waals surface area (Å²) >= 11 is 0. The molecule has 0 saturated carbocycles. The van der Waals surface area contributed by atoms with E-state index in [1.165, 1.54) is 4.31 Å². The molecule has 1 aliphatic heterocycles. The Morgan fingerprint density at radius 1 is 0.872 bits per heavy atom. The molecule has 6 rings (SSSR count). The second kappa shape index (κ2) is 9.17. The molecular formula is C31H28N2O5S. The van der Waals surface area contributed by atoms with Crippen LogP contribution in [0.4, 0.5) is 11.4 Å². The lowest BCUT2D eigenvalue weighted by atomic mass is 9.86. The second-order valence-corrected chi connectivity index (χ2v) is 12.5. The fraction of sp³-hybridized carbons (Fsp3) is 0.194. The molecule has 0 saturated heterocycles. The van der Waals surface area contributed by atoms with Crippen LogP contribution in [-0.4, -0.2) is 27.0 Å². The van der Waals surface area contributed by atoms with Crippen molar-refractivity contribution in [2.24, 2.45) is 0 Å². The number of sulfonamides is 1. The van der Waals surface area contributed by atoms with E-state index in [0.717, 1.165) is 21.9 Å². The molecule has 4 aromatic carbocycles. The summed E-state index contributed by atoms with van der Waals surface area (Å²) in [4.78, 5) is 13.6. The average Bonchev–Trinajstić information content (AvgIpc) is 3.30. The van der Waals surface area contributed by atoms with Crippen molar-refractivity contribution in [2.75, 3.05) is 16.2 Å². The van der Waals surface area contributed by atoms with Crippen molar-refractivity contribution in [3.8, 4) is 5.75 Å². The number of para-hydroxylation sites is 1. The maximum absolute atomic E-state index is 13.8. The lowest BCUT2D eigenvalue weighted by molar-refractivity contribution is -0.122. The van der Waals surface area contributed by atoms with E-state index in [1.54, 1.807) is 48.5 Å². The third kappa shape index (κ3) is 4.51. The summed E-state index contributed by atoms with van der Waals surface area (Å²) in [6.07, 6.45) is -1.07. The van der Waals surface area contributed by atoms with Crippen LogP contribution in [0, 0.1) is 0 Å². The molecule has 7 nitrogen and oxygen atoms in total. The third-order valence-corrected chi connectivity index (χ3v) is 8.76. The van der Waals surface area contributed by atoms with Crippen molar-refractivity contribution in [3.63, 3.8) is 0 Å². The summed E-state index contributed by atoms with van der Waals surface area (Å²) in [5.41, 5.74) is 3.10. The molecule has 1 aliphatic rings. The Balaban J connectivity index is 1.34. The number of furan rings is 1. The number of benzene rings is 4. The summed E-state index contributed by atoms with van der Waals surface area (Å²) in [7, 11) is -3.96. The van der Waals surface area contributed by atoms with Gasteiger partial charge < -0.3 is 14.5 Å². The standard InChI is InChI=1S/C31H28N2O5S/c1-31(2,3)20-13-16-27-25(17-20)33(39(35,36)22-9-5-4-6-10-22)19-29(38-27)30(34)32-21-14-15-24-23-11-7-8-12-26(23)37-28(24)18-21/h4-18,29H,19H2,1-3H3,(H,32,34). The number of amides is 1. The van der Waals surface area contributed by atoms with Crippen molar-refractivity contribution in [3.05, 3.63) is 96.6 Å². The van der Waals surface area contributed by atoms with Gasteiger partial charge in [0.25, 0.3) is 15.9 Å². The molecule has 1 unspecified atom stereocenters. The monoisotopic (exact) mass is 540 g/mol. The Labute approximate surface area is 227 Å². The molecule has 0 fully saturated rings. The van der Waals surface area contributed by atoms with Crippen molar-refractivity contribution < 1.29 is 22.4 Å². The quantitative estimate of drug-likeness (QED) is 0.282. The maximum Gasteiger partial charge on any atom is 0.267 e. The third-order valence-electron chi connectivity index (χ3n) is 6.96. The van der Waals surface area contributed by atoms with Gasteiger partial charge in [-0.1, -0.05) is 63.2 Å². The van der Waals surface area contributed by atoms with E-state index in [0.29, 0.717) is 22.7 Å². The summed E-state index contributed by atoms with van der Waals surface area (Å²) < 4.78 is 40.9. The molecule has 0 aliphatic carbocycles. The van der Waals surface area contributed by atoms with Crippen molar-refractivity contribution in [1.82, 2.24) is 0 Å². The maximum atomic E-state index is 13.8. The van der Waals surface area contributed by atoms with Crippen molar-refractivity contribution >= 4 is 49.2 Å². The minimum absolute atomic E-state index is 0.147. The molecule has 1 aromatic heterocycles. The van der Waals surface area contributed by atoms with Crippen LogP contribution in [0.5, 0.6) is 5.75 Å². The van der Waals surface area contributed by atoms with Crippen LogP contribution in [0.25, 0.3) is 21.9 Å². The number of nitrogens with zero attached hydrogens (tertiary/aromatic N) is 1. The number of carbonyl (C=O) groups is 1. The first kappa shape index (κ1) is 25.0. The Morgan fingerprint density at radius 2 is 1.59 bits per heavy atom. The zero-order chi connectivity index (χ0) is 27.4. The van der Waals surface area contributed by atoms with Crippen LogP contribution < -0.4 is 14.4 Å². The minimum atomic E-state index is -3.96. The molecule has 1 atom stereocenters. The first-order valence-electron chi connectivity index (χ1n) is 12.7. The molecule has 0 spiro atoms. The normalized spacial score (nSPS) is 15.7. The molecule has 1 N–H and O–H groups in total. The summed E-state index contributed by atoms with van der Waals surface area (Å²) in [5, 5.41) is 4.82. The molecule has 0 radical (unpaired) electrons.